The van der Waals surface area contributed by atoms with Crippen LogP contribution >= 0.6 is 0 Å². The van der Waals surface area contributed by atoms with Crippen molar-refractivity contribution in [1.29, 1.82) is 0 Å². The molecule has 68 valence electrons. The predicted molar refractivity (Wildman–Crippen MR) is 43.8 cm³/mol. The normalized spacial score (nSPS) is 23.9. The molecule has 1 N–H and O–H groups in total. The number of β-amino-alcohol motifs (C(OH)–C–C–N with tert-alkyl or cyclic N) is 1. The summed E-state index contributed by atoms with van der Waals surface area (Å²) in [5, 5.41) is 8.67. The molecule has 4 heteroatoms. The highest BCUT2D eigenvalue weighted by atomic mass is 16.3. The Balaban J connectivity index is 1.91. The number of rotatable bonds is 3. The molecule has 0 aromatic carbocycles. The summed E-state index contributed by atoms with van der Waals surface area (Å²) in [6.07, 6.45) is 2.33. The molecular formula is C8H14N2O2. The molecule has 0 aromatic rings. The van der Waals surface area contributed by atoms with Crippen LogP contribution in [0.15, 0.2) is 0 Å². The predicted octanol–water partition coefficient (Wildman–Crippen LogP) is -0.121. The quantitative estimate of drug-likeness (QED) is 0.641. The third-order valence-electron chi connectivity index (χ3n) is 2.48. The topological polar surface area (TPSA) is 43.8 Å². The Morgan fingerprint density at radius 2 is 2.17 bits per heavy atom. The molecule has 0 unspecified atom stereocenters. The molecule has 1 saturated carbocycles. The van der Waals surface area contributed by atoms with Crippen molar-refractivity contribution in [2.45, 2.75) is 18.9 Å². The van der Waals surface area contributed by atoms with Crippen LogP contribution in [-0.2, 0) is 0 Å². The molecule has 12 heavy (non-hydrogen) atoms. The first-order valence-corrected chi connectivity index (χ1v) is 4.49. The minimum absolute atomic E-state index is 0.0737. The van der Waals surface area contributed by atoms with Crippen molar-refractivity contribution >= 4 is 6.03 Å². The van der Waals surface area contributed by atoms with E-state index in [-0.39, 0.29) is 12.6 Å². The fourth-order valence-corrected chi connectivity index (χ4v) is 1.65. The molecule has 0 atom stereocenters. The lowest BCUT2D eigenvalue weighted by Gasteiger charge is -2.16. The molecule has 0 spiro atoms. The Kier molecular flexibility index (Phi) is 1.92. The van der Waals surface area contributed by atoms with E-state index in [4.69, 9.17) is 5.11 Å². The first kappa shape index (κ1) is 7.86. The zero-order valence-electron chi connectivity index (χ0n) is 7.07. The van der Waals surface area contributed by atoms with Gasteiger partial charge in [0.2, 0.25) is 0 Å². The van der Waals surface area contributed by atoms with Gasteiger partial charge in [0.15, 0.2) is 0 Å². The second-order valence-electron chi connectivity index (χ2n) is 3.42. The molecule has 2 rings (SSSR count). The Labute approximate surface area is 71.8 Å². The van der Waals surface area contributed by atoms with Gasteiger partial charge in [-0.1, -0.05) is 0 Å². The van der Waals surface area contributed by atoms with Crippen LogP contribution in [0.1, 0.15) is 12.8 Å². The second kappa shape index (κ2) is 2.94. The summed E-state index contributed by atoms with van der Waals surface area (Å²) in [4.78, 5) is 15.2. The number of urea groups is 1. The van der Waals surface area contributed by atoms with E-state index >= 15 is 0 Å². The van der Waals surface area contributed by atoms with Gasteiger partial charge < -0.3 is 14.9 Å². The number of carbonyl (C=O) groups is 1. The van der Waals surface area contributed by atoms with Gasteiger partial charge in [0.1, 0.15) is 0 Å². The van der Waals surface area contributed by atoms with E-state index in [9.17, 15) is 4.79 Å². The maximum absolute atomic E-state index is 11.5. The zero-order chi connectivity index (χ0) is 8.55. The lowest BCUT2D eigenvalue weighted by atomic mass is 10.5. The molecule has 0 bridgehead atoms. The van der Waals surface area contributed by atoms with E-state index in [1.165, 1.54) is 12.8 Å². The Morgan fingerprint density at radius 1 is 1.42 bits per heavy atom. The van der Waals surface area contributed by atoms with Crippen molar-refractivity contribution in [3.63, 3.8) is 0 Å². The van der Waals surface area contributed by atoms with Gasteiger partial charge in [-0.3, -0.25) is 0 Å². The van der Waals surface area contributed by atoms with E-state index in [2.05, 4.69) is 0 Å². The molecule has 2 fully saturated rings. The highest BCUT2D eigenvalue weighted by Gasteiger charge is 2.38. The van der Waals surface area contributed by atoms with Gasteiger partial charge in [0.05, 0.1) is 6.61 Å². The van der Waals surface area contributed by atoms with E-state index in [0.717, 1.165) is 13.1 Å². The molecule has 1 aliphatic heterocycles. The number of nitrogens with zero attached hydrogens (tertiary/aromatic N) is 2. The average Bonchev–Trinajstić information content (AvgIpc) is 2.82. The van der Waals surface area contributed by atoms with Crippen LogP contribution in [-0.4, -0.2) is 53.2 Å². The molecule has 1 saturated heterocycles. The maximum atomic E-state index is 11.5. The molecule has 1 heterocycles. The zero-order valence-corrected chi connectivity index (χ0v) is 7.07. The van der Waals surface area contributed by atoms with Crippen LogP contribution in [0, 0.1) is 0 Å². The molecule has 2 aliphatic rings. The third kappa shape index (κ3) is 1.27. The van der Waals surface area contributed by atoms with Crippen LogP contribution in [0.5, 0.6) is 0 Å². The Hall–Kier alpha value is -0.770. The van der Waals surface area contributed by atoms with Crippen LogP contribution in [0.25, 0.3) is 0 Å². The average molecular weight is 170 g/mol. The number of carbonyl (C=O) groups excluding carboxylic acids is 1. The fraction of sp³-hybridized carbons (Fsp3) is 0.875. The SMILES string of the molecule is O=C1N(CCO)CCN1C1CC1. The van der Waals surface area contributed by atoms with Gasteiger partial charge in [-0.2, -0.15) is 0 Å². The Bertz CT molecular complexity index is 191. The van der Waals surface area contributed by atoms with E-state index in [1.807, 2.05) is 4.90 Å². The summed E-state index contributed by atoms with van der Waals surface area (Å²) in [5.74, 6) is 0. The lowest BCUT2D eigenvalue weighted by Crippen LogP contribution is -2.34. The van der Waals surface area contributed by atoms with Crippen molar-refractivity contribution in [1.82, 2.24) is 9.80 Å². The summed E-state index contributed by atoms with van der Waals surface area (Å²) < 4.78 is 0. The van der Waals surface area contributed by atoms with Crippen LogP contribution in [0.3, 0.4) is 0 Å². The maximum Gasteiger partial charge on any atom is 0.320 e. The minimum Gasteiger partial charge on any atom is -0.395 e. The summed E-state index contributed by atoms with van der Waals surface area (Å²) >= 11 is 0. The Morgan fingerprint density at radius 3 is 2.75 bits per heavy atom. The van der Waals surface area contributed by atoms with Crippen LogP contribution in [0.4, 0.5) is 4.79 Å². The third-order valence-corrected chi connectivity index (χ3v) is 2.48. The van der Waals surface area contributed by atoms with Gasteiger partial charge in [0.25, 0.3) is 0 Å². The smallest absolute Gasteiger partial charge is 0.320 e. The number of aliphatic hydroxyl groups excluding tert-OH is 1. The highest BCUT2D eigenvalue weighted by Crippen LogP contribution is 2.29. The second-order valence-corrected chi connectivity index (χ2v) is 3.42. The molecule has 4 nitrogen and oxygen atoms in total. The summed E-state index contributed by atoms with van der Waals surface area (Å²) in [6, 6.07) is 0.632. The molecule has 1 aliphatic carbocycles. The number of amides is 2. The van der Waals surface area contributed by atoms with Gasteiger partial charge in [-0.25, -0.2) is 4.79 Å². The highest BCUT2D eigenvalue weighted by molar-refractivity contribution is 5.77. The summed E-state index contributed by atoms with van der Waals surface area (Å²) in [5.41, 5.74) is 0. The van der Waals surface area contributed by atoms with Gasteiger partial charge in [-0.05, 0) is 12.8 Å². The van der Waals surface area contributed by atoms with Crippen molar-refractivity contribution in [3.05, 3.63) is 0 Å². The largest absolute Gasteiger partial charge is 0.395 e. The van der Waals surface area contributed by atoms with Crippen molar-refractivity contribution in [2.75, 3.05) is 26.2 Å². The van der Waals surface area contributed by atoms with Crippen molar-refractivity contribution < 1.29 is 9.90 Å². The minimum atomic E-state index is 0.0737. The fourth-order valence-electron chi connectivity index (χ4n) is 1.65. The van der Waals surface area contributed by atoms with E-state index < -0.39 is 0 Å². The number of hydrogen-bond donors (Lipinski definition) is 1. The van der Waals surface area contributed by atoms with Crippen molar-refractivity contribution in [2.24, 2.45) is 0 Å². The lowest BCUT2D eigenvalue weighted by molar-refractivity contribution is 0.177. The monoisotopic (exact) mass is 170 g/mol. The summed E-state index contributed by atoms with van der Waals surface area (Å²) in [7, 11) is 0. The van der Waals surface area contributed by atoms with Gasteiger partial charge in [0, 0.05) is 25.7 Å². The first-order valence-electron chi connectivity index (χ1n) is 4.49. The molecular weight excluding hydrogens is 156 g/mol. The van der Waals surface area contributed by atoms with Crippen LogP contribution < -0.4 is 0 Å². The van der Waals surface area contributed by atoms with E-state index in [0.29, 0.717) is 12.6 Å². The van der Waals surface area contributed by atoms with E-state index in [1.54, 1.807) is 4.90 Å². The molecule has 0 radical (unpaired) electrons. The standard InChI is InChI=1S/C8H14N2O2/c11-6-5-9-3-4-10(8(9)12)7-1-2-7/h7,11H,1-6H2. The number of hydrogen-bond acceptors (Lipinski definition) is 2. The first-order chi connectivity index (χ1) is 5.83. The van der Waals surface area contributed by atoms with Gasteiger partial charge in [-0.15, -0.1) is 0 Å². The molecule has 2 amide bonds. The van der Waals surface area contributed by atoms with Crippen LogP contribution in [0.2, 0.25) is 0 Å². The molecule has 0 aromatic heterocycles. The van der Waals surface area contributed by atoms with Gasteiger partial charge >= 0.3 is 6.03 Å². The number of aliphatic hydroxyl groups is 1. The summed E-state index contributed by atoms with van der Waals surface area (Å²) in [6.45, 7) is 2.20. The van der Waals surface area contributed by atoms with Crippen molar-refractivity contribution in [3.8, 4) is 0 Å².